The van der Waals surface area contributed by atoms with Crippen LogP contribution in [0.3, 0.4) is 0 Å². The first-order valence-corrected chi connectivity index (χ1v) is 6.13. The van der Waals surface area contributed by atoms with Gasteiger partial charge in [0, 0.05) is 7.05 Å². The Labute approximate surface area is 127 Å². The van der Waals surface area contributed by atoms with Gasteiger partial charge in [-0.1, -0.05) is 0 Å². The highest BCUT2D eigenvalue weighted by Gasteiger charge is 2.59. The van der Waals surface area contributed by atoms with Crippen molar-refractivity contribution in [1.29, 1.82) is 10.5 Å². The molecule has 23 heavy (non-hydrogen) atoms. The van der Waals surface area contributed by atoms with Crippen molar-refractivity contribution in [3.05, 3.63) is 0 Å². The van der Waals surface area contributed by atoms with Crippen molar-refractivity contribution in [2.45, 2.75) is 24.7 Å². The van der Waals surface area contributed by atoms with Crippen LogP contribution in [0.15, 0.2) is 4.99 Å². The summed E-state index contributed by atoms with van der Waals surface area (Å²) in [7, 11) is 1.03. The molecular formula is C11H12F6N6. The number of nitrogens with zero attached hydrogens (tertiary/aromatic N) is 6. The Balaban J connectivity index is 3.42. The van der Waals surface area contributed by atoms with Crippen LogP contribution in [0.5, 0.6) is 0 Å². The summed E-state index contributed by atoms with van der Waals surface area (Å²) in [5, 5.41) is 17.3. The molecule has 2 atom stereocenters. The van der Waals surface area contributed by atoms with Crippen molar-refractivity contribution in [1.82, 2.24) is 14.7 Å². The number of rotatable bonds is 3. The SMILES string of the molecule is CN=CN1C(C(F)(F)F)N(CC#N)CN(CC#N)C1C(F)(F)F. The Morgan fingerprint density at radius 3 is 1.65 bits per heavy atom. The van der Waals surface area contributed by atoms with Gasteiger partial charge in [-0.15, -0.1) is 0 Å². The van der Waals surface area contributed by atoms with E-state index in [1.165, 1.54) is 12.1 Å². The molecule has 1 heterocycles. The van der Waals surface area contributed by atoms with Gasteiger partial charge >= 0.3 is 12.4 Å². The average Bonchev–Trinajstić information content (AvgIpc) is 2.36. The molecule has 128 valence electrons. The van der Waals surface area contributed by atoms with Crippen LogP contribution in [0.1, 0.15) is 0 Å². The lowest BCUT2D eigenvalue weighted by Crippen LogP contribution is -2.73. The Kier molecular flexibility index (Phi) is 5.80. The van der Waals surface area contributed by atoms with Crippen molar-refractivity contribution in [2.75, 3.05) is 26.8 Å². The van der Waals surface area contributed by atoms with Gasteiger partial charge in [0.15, 0.2) is 12.3 Å². The van der Waals surface area contributed by atoms with Gasteiger partial charge in [0.05, 0.1) is 38.2 Å². The second-order valence-corrected chi connectivity index (χ2v) is 4.60. The van der Waals surface area contributed by atoms with Gasteiger partial charge in [-0.2, -0.15) is 36.9 Å². The van der Waals surface area contributed by atoms with E-state index in [1.807, 2.05) is 0 Å². The maximum absolute atomic E-state index is 13.3. The Bertz CT molecular complexity index is 475. The third-order valence-corrected chi connectivity index (χ3v) is 3.00. The van der Waals surface area contributed by atoms with Crippen LogP contribution in [0.25, 0.3) is 0 Å². The molecule has 0 saturated carbocycles. The van der Waals surface area contributed by atoms with Crippen LogP contribution in [0, 0.1) is 22.7 Å². The van der Waals surface area contributed by atoms with E-state index in [0.29, 0.717) is 16.1 Å². The number of hydrogen-bond acceptors (Lipinski definition) is 5. The second-order valence-electron chi connectivity index (χ2n) is 4.60. The van der Waals surface area contributed by atoms with Crippen molar-refractivity contribution in [3.63, 3.8) is 0 Å². The molecule has 0 radical (unpaired) electrons. The molecule has 0 aliphatic carbocycles. The molecule has 1 rings (SSSR count). The van der Waals surface area contributed by atoms with Crippen LogP contribution in [-0.2, 0) is 0 Å². The molecule has 0 bridgehead atoms. The molecule has 0 N–H and O–H groups in total. The number of halogens is 6. The standard InChI is InChI=1S/C11H12F6N6/c1-20-6-23-8(10(12,13)14)21(4-2-18)7-22(5-3-19)9(23)11(15,16)17/h6,8-9H,4-5,7H2,1H3. The van der Waals surface area contributed by atoms with Crippen molar-refractivity contribution >= 4 is 6.34 Å². The third-order valence-electron chi connectivity index (χ3n) is 3.00. The fourth-order valence-corrected chi connectivity index (χ4v) is 2.37. The van der Waals surface area contributed by atoms with Gasteiger partial charge in [0.25, 0.3) is 0 Å². The lowest BCUT2D eigenvalue weighted by atomic mass is 10.2. The predicted molar refractivity (Wildman–Crippen MR) is 65.4 cm³/mol. The van der Waals surface area contributed by atoms with Crippen LogP contribution in [0.2, 0.25) is 0 Å². The molecule has 0 amide bonds. The first-order valence-electron chi connectivity index (χ1n) is 6.13. The minimum Gasteiger partial charge on any atom is -0.315 e. The van der Waals surface area contributed by atoms with Crippen LogP contribution in [-0.4, -0.2) is 72.5 Å². The summed E-state index contributed by atoms with van der Waals surface area (Å²) in [5.74, 6) is 0. The topological polar surface area (TPSA) is 69.7 Å². The normalized spacial score (nSPS) is 24.7. The summed E-state index contributed by atoms with van der Waals surface area (Å²) >= 11 is 0. The molecule has 0 spiro atoms. The molecule has 1 fully saturated rings. The number of aliphatic imine (C=N–C) groups is 1. The molecule has 0 aromatic heterocycles. The smallest absolute Gasteiger partial charge is 0.315 e. The highest BCUT2D eigenvalue weighted by atomic mass is 19.4. The van der Waals surface area contributed by atoms with Crippen molar-refractivity contribution < 1.29 is 26.3 Å². The number of hydrogen-bond donors (Lipinski definition) is 0. The van der Waals surface area contributed by atoms with Gasteiger partial charge in [-0.3, -0.25) is 4.99 Å². The molecule has 1 saturated heterocycles. The zero-order chi connectivity index (χ0) is 17.8. The van der Waals surface area contributed by atoms with E-state index in [1.54, 1.807) is 0 Å². The number of alkyl halides is 6. The van der Waals surface area contributed by atoms with Gasteiger partial charge in [0.1, 0.15) is 0 Å². The maximum atomic E-state index is 13.3. The maximum Gasteiger partial charge on any atom is 0.422 e. The quantitative estimate of drug-likeness (QED) is 0.335. The molecule has 1 aliphatic rings. The Hall–Kier alpha value is -2.05. The number of nitriles is 2. The van der Waals surface area contributed by atoms with Crippen molar-refractivity contribution in [2.24, 2.45) is 4.99 Å². The average molecular weight is 342 g/mol. The molecular weight excluding hydrogens is 330 g/mol. The largest absolute Gasteiger partial charge is 0.422 e. The fraction of sp³-hybridized carbons (Fsp3) is 0.727. The van der Waals surface area contributed by atoms with E-state index < -0.39 is 44.4 Å². The highest BCUT2D eigenvalue weighted by Crippen LogP contribution is 2.37. The van der Waals surface area contributed by atoms with Crippen LogP contribution < -0.4 is 0 Å². The predicted octanol–water partition coefficient (Wildman–Crippen LogP) is 1.35. The molecule has 0 aromatic rings. The van der Waals surface area contributed by atoms with E-state index in [0.717, 1.165) is 7.05 Å². The third kappa shape index (κ3) is 4.24. The van der Waals surface area contributed by atoms with Gasteiger partial charge in [-0.25, -0.2) is 9.80 Å². The highest BCUT2D eigenvalue weighted by molar-refractivity contribution is 5.56. The van der Waals surface area contributed by atoms with E-state index in [9.17, 15) is 26.3 Å². The van der Waals surface area contributed by atoms with Crippen LogP contribution >= 0.6 is 0 Å². The monoisotopic (exact) mass is 342 g/mol. The minimum atomic E-state index is -5.06. The summed E-state index contributed by atoms with van der Waals surface area (Å²) in [5.41, 5.74) is 0. The Morgan fingerprint density at radius 2 is 1.39 bits per heavy atom. The van der Waals surface area contributed by atoms with Crippen molar-refractivity contribution in [3.8, 4) is 12.1 Å². The van der Waals surface area contributed by atoms with Gasteiger partial charge in [-0.05, 0) is 0 Å². The Morgan fingerprint density at radius 1 is 1.00 bits per heavy atom. The second kappa shape index (κ2) is 7.02. The summed E-state index contributed by atoms with van der Waals surface area (Å²) < 4.78 is 79.5. The zero-order valence-electron chi connectivity index (χ0n) is 11.8. The molecule has 0 aromatic carbocycles. The summed E-state index contributed by atoms with van der Waals surface area (Å²) in [6, 6.07) is 2.96. The van der Waals surface area contributed by atoms with Crippen LogP contribution in [0.4, 0.5) is 26.3 Å². The summed E-state index contributed by atoms with van der Waals surface area (Å²) in [4.78, 5) is 4.23. The summed E-state index contributed by atoms with van der Waals surface area (Å²) in [6.07, 6.45) is -15.0. The molecule has 2 unspecified atom stereocenters. The fourth-order valence-electron chi connectivity index (χ4n) is 2.37. The molecule has 1 aliphatic heterocycles. The van der Waals surface area contributed by atoms with E-state index in [-0.39, 0.29) is 4.90 Å². The zero-order valence-corrected chi connectivity index (χ0v) is 11.8. The first-order chi connectivity index (χ1) is 10.6. The minimum absolute atomic E-state index is 0.0296. The van der Waals surface area contributed by atoms with Gasteiger partial charge in [0.2, 0.25) is 0 Å². The lowest BCUT2D eigenvalue weighted by Gasteiger charge is -2.51. The summed E-state index contributed by atoms with van der Waals surface area (Å²) in [6.45, 7) is -2.35. The van der Waals surface area contributed by atoms with E-state index in [2.05, 4.69) is 4.99 Å². The molecule has 12 heteroatoms. The lowest BCUT2D eigenvalue weighted by molar-refractivity contribution is -0.297. The molecule has 6 nitrogen and oxygen atoms in total. The van der Waals surface area contributed by atoms with E-state index >= 15 is 0 Å². The van der Waals surface area contributed by atoms with E-state index in [4.69, 9.17) is 10.5 Å². The van der Waals surface area contributed by atoms with Gasteiger partial charge < -0.3 is 4.90 Å². The first kappa shape index (κ1) is 19.0.